The molecule has 0 fully saturated rings. The molecule has 0 atom stereocenters. The van der Waals surface area contributed by atoms with Gasteiger partial charge in [-0.25, -0.2) is 0 Å². The predicted octanol–water partition coefficient (Wildman–Crippen LogP) is 9.31. The van der Waals surface area contributed by atoms with Crippen molar-refractivity contribution >= 4 is 49.8 Å². The molecule has 0 aliphatic heterocycles. The zero-order valence-corrected chi connectivity index (χ0v) is 18.5. The van der Waals surface area contributed by atoms with Crippen molar-refractivity contribution in [3.63, 3.8) is 0 Å². The lowest BCUT2D eigenvalue weighted by molar-refractivity contribution is 0.679. The molecule has 0 saturated heterocycles. The van der Waals surface area contributed by atoms with E-state index in [9.17, 15) is 0 Å². The Kier molecular flexibility index (Phi) is 4.18. The molecule has 7 rings (SSSR count). The van der Waals surface area contributed by atoms with Crippen LogP contribution < -0.4 is 4.90 Å². The van der Waals surface area contributed by atoms with E-state index in [2.05, 4.69) is 126 Å². The topological polar surface area (TPSA) is 16.4 Å². The van der Waals surface area contributed by atoms with E-state index in [-0.39, 0.29) is 0 Å². The number of furan rings is 2. The third-order valence-electron chi connectivity index (χ3n) is 6.64. The highest BCUT2D eigenvalue weighted by Crippen LogP contribution is 2.42. The number of fused-ring (bicyclic) bond motifs is 6. The quantitative estimate of drug-likeness (QED) is 0.274. The summed E-state index contributed by atoms with van der Waals surface area (Å²) in [4.78, 5) is 2.33. The van der Waals surface area contributed by atoms with Crippen molar-refractivity contribution in [1.82, 2.24) is 0 Å². The Morgan fingerprint density at radius 3 is 1.76 bits per heavy atom. The van der Waals surface area contributed by atoms with Crippen molar-refractivity contribution in [2.24, 2.45) is 0 Å². The number of rotatable bonds is 4. The van der Waals surface area contributed by atoms with Gasteiger partial charge >= 0.3 is 0 Å². The maximum absolute atomic E-state index is 5.89. The summed E-state index contributed by atoms with van der Waals surface area (Å²) >= 11 is 0. The third kappa shape index (κ3) is 2.89. The molecule has 2 heterocycles. The average Bonchev–Trinajstić information content (AvgIpc) is 3.53. The second-order valence-corrected chi connectivity index (χ2v) is 8.61. The minimum absolute atomic E-state index is 0.951. The smallest absolute Gasteiger partial charge is 0.135 e. The molecule has 0 unspecified atom stereocenters. The fourth-order valence-corrected chi connectivity index (χ4v) is 5.07. The lowest BCUT2D eigenvalue weighted by Crippen LogP contribution is -2.10. The summed E-state index contributed by atoms with van der Waals surface area (Å²) in [5, 5.41) is 4.81. The van der Waals surface area contributed by atoms with E-state index >= 15 is 0 Å². The van der Waals surface area contributed by atoms with Gasteiger partial charge in [0.2, 0.25) is 0 Å². The summed E-state index contributed by atoms with van der Waals surface area (Å²) in [6.45, 7) is 0. The van der Waals surface area contributed by atoms with Gasteiger partial charge in [0, 0.05) is 27.5 Å². The highest BCUT2D eigenvalue weighted by atomic mass is 16.3. The molecule has 0 amide bonds. The lowest BCUT2D eigenvalue weighted by Gasteiger charge is -2.27. The monoisotopic (exact) mass is 435 g/mol. The maximum Gasteiger partial charge on any atom is 0.135 e. The summed E-state index contributed by atoms with van der Waals surface area (Å²) in [5.41, 5.74) is 7.76. The van der Waals surface area contributed by atoms with Gasteiger partial charge in [0.1, 0.15) is 11.2 Å². The Morgan fingerprint density at radius 1 is 0.441 bits per heavy atom. The highest BCUT2D eigenvalue weighted by Gasteiger charge is 2.17. The van der Waals surface area contributed by atoms with Crippen molar-refractivity contribution in [1.29, 1.82) is 0 Å². The number of nitrogens with zero attached hydrogens (tertiary/aromatic N) is 1. The van der Waals surface area contributed by atoms with Crippen molar-refractivity contribution < 1.29 is 4.42 Å². The van der Waals surface area contributed by atoms with Gasteiger partial charge in [0.25, 0.3) is 0 Å². The molecular weight excluding hydrogens is 414 g/mol. The molecule has 2 nitrogen and oxygen atoms in total. The molecule has 7 aromatic rings. The molecule has 0 aliphatic rings. The second kappa shape index (κ2) is 7.50. The SMILES string of the molecule is c1ccc(N(c2ccccc2)c2ccc(-c3ccc4c5ccc(o5)c4c3)c3ccccc23)cc1. The third-order valence-corrected chi connectivity index (χ3v) is 6.64. The summed E-state index contributed by atoms with van der Waals surface area (Å²) in [6.07, 6.45) is 0. The summed E-state index contributed by atoms with van der Waals surface area (Å²) in [6, 6.07) is 45.0. The van der Waals surface area contributed by atoms with E-state index in [1.165, 1.54) is 32.7 Å². The van der Waals surface area contributed by atoms with Crippen LogP contribution in [-0.4, -0.2) is 0 Å². The zero-order valence-electron chi connectivity index (χ0n) is 18.5. The Labute approximate surface area is 197 Å². The van der Waals surface area contributed by atoms with Crippen LogP contribution >= 0.6 is 0 Å². The minimum atomic E-state index is 0.951. The Hall–Kier alpha value is -4.56. The van der Waals surface area contributed by atoms with E-state index in [0.717, 1.165) is 28.2 Å². The van der Waals surface area contributed by atoms with Crippen LogP contribution in [0.5, 0.6) is 0 Å². The van der Waals surface area contributed by atoms with E-state index in [0.29, 0.717) is 0 Å². The van der Waals surface area contributed by atoms with Crippen LogP contribution in [0.3, 0.4) is 0 Å². The average molecular weight is 436 g/mol. The fourth-order valence-electron chi connectivity index (χ4n) is 5.07. The maximum atomic E-state index is 5.89. The standard InChI is InChI=1S/C32H21NO/c1-3-9-23(10-4-1)33(24-11-5-2-6-12-24)30-18-17-25(26-13-7-8-14-27(26)30)22-15-16-28-29(21-22)32-20-19-31(28)34-32/h1-21H. The fraction of sp³-hybridized carbons (Fsp3) is 0. The number of anilines is 3. The van der Waals surface area contributed by atoms with Crippen LogP contribution in [0, 0.1) is 0 Å². The Balaban J connectivity index is 1.46. The molecular formula is C32H21NO. The number of hydrogen-bond acceptors (Lipinski definition) is 2. The van der Waals surface area contributed by atoms with Gasteiger partial charge in [-0.1, -0.05) is 72.8 Å². The first-order valence-electron chi connectivity index (χ1n) is 11.5. The first-order valence-corrected chi connectivity index (χ1v) is 11.5. The predicted molar refractivity (Wildman–Crippen MR) is 143 cm³/mol. The molecule has 0 N–H and O–H groups in total. The Bertz CT molecular complexity index is 1710. The molecule has 34 heavy (non-hydrogen) atoms. The molecule has 0 radical (unpaired) electrons. The van der Waals surface area contributed by atoms with Crippen LogP contribution in [0.2, 0.25) is 0 Å². The minimum Gasteiger partial charge on any atom is -0.456 e. The molecule has 0 aliphatic carbocycles. The van der Waals surface area contributed by atoms with Crippen molar-refractivity contribution in [2.75, 3.05) is 4.90 Å². The summed E-state index contributed by atoms with van der Waals surface area (Å²) < 4.78 is 5.89. The number of para-hydroxylation sites is 2. The highest BCUT2D eigenvalue weighted by molar-refractivity contribution is 6.11. The van der Waals surface area contributed by atoms with E-state index < -0.39 is 0 Å². The van der Waals surface area contributed by atoms with Gasteiger partial charge in [-0.05, 0) is 71.1 Å². The number of benzene rings is 6. The largest absolute Gasteiger partial charge is 0.456 e. The molecule has 0 saturated carbocycles. The van der Waals surface area contributed by atoms with Gasteiger partial charge < -0.3 is 9.32 Å². The molecule has 2 bridgehead atoms. The van der Waals surface area contributed by atoms with Crippen LogP contribution in [0.25, 0.3) is 43.8 Å². The van der Waals surface area contributed by atoms with Gasteiger partial charge in [-0.15, -0.1) is 0 Å². The molecule has 0 spiro atoms. The van der Waals surface area contributed by atoms with E-state index in [4.69, 9.17) is 4.42 Å². The number of hydrogen-bond donors (Lipinski definition) is 0. The first-order chi connectivity index (χ1) is 16.9. The molecule has 2 aromatic heterocycles. The van der Waals surface area contributed by atoms with Gasteiger partial charge in [-0.2, -0.15) is 0 Å². The first kappa shape index (κ1) is 19.0. The van der Waals surface area contributed by atoms with Crippen LogP contribution in [0.1, 0.15) is 0 Å². The van der Waals surface area contributed by atoms with Crippen LogP contribution in [-0.2, 0) is 0 Å². The van der Waals surface area contributed by atoms with Crippen LogP contribution in [0.15, 0.2) is 132 Å². The van der Waals surface area contributed by atoms with Crippen molar-refractivity contribution in [3.8, 4) is 11.1 Å². The molecule has 160 valence electrons. The Morgan fingerprint density at radius 2 is 1.06 bits per heavy atom. The van der Waals surface area contributed by atoms with Gasteiger partial charge in [-0.3, -0.25) is 0 Å². The zero-order chi connectivity index (χ0) is 22.5. The lowest BCUT2D eigenvalue weighted by atomic mass is 9.95. The molecule has 2 heteroatoms. The van der Waals surface area contributed by atoms with Crippen LogP contribution in [0.4, 0.5) is 17.1 Å². The van der Waals surface area contributed by atoms with Crippen molar-refractivity contribution in [2.45, 2.75) is 0 Å². The van der Waals surface area contributed by atoms with Gasteiger partial charge in [0.05, 0.1) is 5.69 Å². The molecule has 5 aromatic carbocycles. The van der Waals surface area contributed by atoms with Gasteiger partial charge in [0.15, 0.2) is 0 Å². The normalized spacial score (nSPS) is 11.5. The van der Waals surface area contributed by atoms with E-state index in [1.54, 1.807) is 0 Å². The summed E-state index contributed by atoms with van der Waals surface area (Å²) in [7, 11) is 0. The van der Waals surface area contributed by atoms with Crippen molar-refractivity contribution in [3.05, 3.63) is 127 Å². The van der Waals surface area contributed by atoms with E-state index in [1.807, 2.05) is 6.07 Å². The summed E-state index contributed by atoms with van der Waals surface area (Å²) in [5.74, 6) is 0. The second-order valence-electron chi connectivity index (χ2n) is 8.61.